The van der Waals surface area contributed by atoms with Gasteiger partial charge in [0.1, 0.15) is 11.4 Å². The molecule has 9 heteroatoms. The fraction of sp³-hybridized carbons (Fsp3) is 0.286. The lowest BCUT2D eigenvalue weighted by molar-refractivity contribution is -0.385. The summed E-state index contributed by atoms with van der Waals surface area (Å²) in [7, 11) is 0. The zero-order valence-electron chi connectivity index (χ0n) is 16.9. The first-order chi connectivity index (χ1) is 13.9. The molecule has 2 aromatic rings. The Hall–Kier alpha value is -3.62. The third-order valence-corrected chi connectivity index (χ3v) is 4.15. The number of halogens is 1. The lowest BCUT2D eigenvalue weighted by atomic mass is 9.95. The molecule has 2 aromatic carbocycles. The fourth-order valence-electron chi connectivity index (χ4n) is 2.35. The number of hydrogen-bond donors (Lipinski definition) is 1. The minimum atomic E-state index is -1.18. The van der Waals surface area contributed by atoms with Gasteiger partial charge in [0.15, 0.2) is 12.4 Å². The molecule has 0 heterocycles. The Balaban J connectivity index is 2.05. The van der Waals surface area contributed by atoms with Crippen LogP contribution in [0.25, 0.3) is 0 Å². The van der Waals surface area contributed by atoms with Crippen LogP contribution < -0.4 is 5.32 Å². The largest absolute Gasteiger partial charge is 0.454 e. The molecule has 158 valence electrons. The van der Waals surface area contributed by atoms with Crippen LogP contribution in [0.1, 0.15) is 47.1 Å². The van der Waals surface area contributed by atoms with Crippen LogP contribution in [0.5, 0.6) is 0 Å². The predicted octanol–water partition coefficient (Wildman–Crippen LogP) is 4.07. The molecule has 0 saturated carbocycles. The number of Topliss-reactive ketones (excluding diaryl/α,β-unsaturated/α-hetero) is 1. The number of nitro groups is 1. The Morgan fingerprint density at radius 1 is 1.13 bits per heavy atom. The zero-order chi connectivity index (χ0) is 22.6. The number of carbonyl (C=O) groups excluding carboxylic acids is 3. The summed E-state index contributed by atoms with van der Waals surface area (Å²) >= 11 is 0. The molecular weight excluding hydrogens is 395 g/mol. The SMILES string of the molecule is Cc1cc([N+](=O)[O-])cc(C(=O)OCC(=O)c2ccc(NC(=O)C(C)(C)C)cc2)c1F. The average Bonchev–Trinajstić information content (AvgIpc) is 2.67. The predicted molar refractivity (Wildman–Crippen MR) is 107 cm³/mol. The second-order valence-electron chi connectivity index (χ2n) is 7.66. The van der Waals surface area contributed by atoms with Gasteiger partial charge in [-0.3, -0.25) is 19.7 Å². The van der Waals surface area contributed by atoms with Crippen LogP contribution in [-0.4, -0.2) is 29.2 Å². The molecule has 0 fully saturated rings. The van der Waals surface area contributed by atoms with Gasteiger partial charge in [-0.15, -0.1) is 0 Å². The molecule has 0 aliphatic carbocycles. The Morgan fingerprint density at radius 3 is 2.27 bits per heavy atom. The molecule has 2 rings (SSSR count). The summed E-state index contributed by atoms with van der Waals surface area (Å²) in [6.07, 6.45) is 0. The van der Waals surface area contributed by atoms with Gasteiger partial charge in [0.2, 0.25) is 5.91 Å². The Labute approximate surface area is 172 Å². The number of ketones is 1. The highest BCUT2D eigenvalue weighted by molar-refractivity contribution is 6.00. The molecule has 0 bridgehead atoms. The van der Waals surface area contributed by atoms with E-state index in [-0.39, 0.29) is 17.0 Å². The monoisotopic (exact) mass is 416 g/mol. The van der Waals surface area contributed by atoms with E-state index < -0.39 is 45.8 Å². The summed E-state index contributed by atoms with van der Waals surface area (Å²) in [5, 5.41) is 13.6. The van der Waals surface area contributed by atoms with Crippen molar-refractivity contribution in [3.63, 3.8) is 0 Å². The van der Waals surface area contributed by atoms with E-state index in [4.69, 9.17) is 4.74 Å². The molecule has 0 spiro atoms. The molecule has 8 nitrogen and oxygen atoms in total. The van der Waals surface area contributed by atoms with Crippen LogP contribution in [0, 0.1) is 28.3 Å². The number of esters is 1. The number of aryl methyl sites for hydroxylation is 1. The highest BCUT2D eigenvalue weighted by Gasteiger charge is 2.23. The number of nitrogens with one attached hydrogen (secondary N) is 1. The molecule has 30 heavy (non-hydrogen) atoms. The van der Waals surface area contributed by atoms with E-state index in [0.29, 0.717) is 5.69 Å². The van der Waals surface area contributed by atoms with Crippen LogP contribution in [0.3, 0.4) is 0 Å². The van der Waals surface area contributed by atoms with Gasteiger partial charge >= 0.3 is 5.97 Å². The summed E-state index contributed by atoms with van der Waals surface area (Å²) < 4.78 is 19.0. The topological polar surface area (TPSA) is 116 Å². The van der Waals surface area contributed by atoms with Crippen LogP contribution >= 0.6 is 0 Å². The smallest absolute Gasteiger partial charge is 0.341 e. The summed E-state index contributed by atoms with van der Waals surface area (Å²) in [4.78, 5) is 46.5. The summed E-state index contributed by atoms with van der Waals surface area (Å²) in [5.41, 5.74) is -1.03. The van der Waals surface area contributed by atoms with Crippen LogP contribution in [0.15, 0.2) is 36.4 Å². The number of ether oxygens (including phenoxy) is 1. The fourth-order valence-corrected chi connectivity index (χ4v) is 2.35. The van der Waals surface area contributed by atoms with Crippen molar-refractivity contribution < 1.29 is 28.4 Å². The molecule has 0 aliphatic rings. The molecule has 0 unspecified atom stereocenters. The van der Waals surface area contributed by atoms with E-state index in [0.717, 1.165) is 12.1 Å². The lowest BCUT2D eigenvalue weighted by Crippen LogP contribution is -2.27. The third-order valence-electron chi connectivity index (χ3n) is 4.15. The number of benzene rings is 2. The molecule has 1 amide bonds. The summed E-state index contributed by atoms with van der Waals surface area (Å²) in [5.74, 6) is -2.87. The number of anilines is 1. The van der Waals surface area contributed by atoms with Crippen LogP contribution in [-0.2, 0) is 9.53 Å². The van der Waals surface area contributed by atoms with E-state index in [9.17, 15) is 28.9 Å². The van der Waals surface area contributed by atoms with Crippen molar-refractivity contribution in [2.24, 2.45) is 5.41 Å². The molecular formula is C21H21FN2O6. The molecule has 0 aromatic heterocycles. The van der Waals surface area contributed by atoms with E-state index >= 15 is 0 Å². The molecule has 0 saturated heterocycles. The number of non-ortho nitro benzene ring substituents is 1. The molecule has 1 N–H and O–H groups in total. The Bertz CT molecular complexity index is 1010. The lowest BCUT2D eigenvalue weighted by Gasteiger charge is -2.17. The van der Waals surface area contributed by atoms with Crippen molar-refractivity contribution in [1.29, 1.82) is 0 Å². The van der Waals surface area contributed by atoms with Gasteiger partial charge < -0.3 is 10.1 Å². The minimum Gasteiger partial charge on any atom is -0.454 e. The first-order valence-corrected chi connectivity index (χ1v) is 8.96. The highest BCUT2D eigenvalue weighted by Crippen LogP contribution is 2.22. The van der Waals surface area contributed by atoms with E-state index in [1.807, 2.05) is 0 Å². The first-order valence-electron chi connectivity index (χ1n) is 8.96. The van der Waals surface area contributed by atoms with Gasteiger partial charge in [-0.1, -0.05) is 20.8 Å². The molecule has 0 radical (unpaired) electrons. The minimum absolute atomic E-state index is 0.0876. The van der Waals surface area contributed by atoms with Crippen molar-refractivity contribution in [3.8, 4) is 0 Å². The standard InChI is InChI=1S/C21H21FN2O6/c1-12-9-15(24(28)29)10-16(18(12)22)19(26)30-11-17(25)13-5-7-14(8-6-13)23-20(27)21(2,3)4/h5-10H,11H2,1-4H3,(H,23,27). The highest BCUT2D eigenvalue weighted by atomic mass is 19.1. The van der Waals surface area contributed by atoms with Crippen molar-refractivity contribution in [2.75, 3.05) is 11.9 Å². The number of rotatable bonds is 6. The van der Waals surface area contributed by atoms with Crippen molar-refractivity contribution in [1.82, 2.24) is 0 Å². The maximum absolute atomic E-state index is 14.1. The van der Waals surface area contributed by atoms with E-state index in [1.54, 1.807) is 20.8 Å². The van der Waals surface area contributed by atoms with E-state index in [2.05, 4.69) is 5.32 Å². The number of amides is 1. The van der Waals surface area contributed by atoms with Gasteiger partial charge in [0, 0.05) is 28.8 Å². The Kier molecular flexibility index (Phi) is 6.66. The maximum Gasteiger partial charge on any atom is 0.341 e. The maximum atomic E-state index is 14.1. The zero-order valence-corrected chi connectivity index (χ0v) is 16.9. The molecule has 0 aliphatic heterocycles. The third kappa shape index (κ3) is 5.47. The summed E-state index contributed by atoms with van der Waals surface area (Å²) in [6.45, 7) is 5.90. The second kappa shape index (κ2) is 8.81. The first kappa shape index (κ1) is 22.7. The van der Waals surface area contributed by atoms with Crippen LogP contribution in [0.2, 0.25) is 0 Å². The number of hydrogen-bond acceptors (Lipinski definition) is 6. The van der Waals surface area contributed by atoms with Gasteiger partial charge in [-0.25, -0.2) is 9.18 Å². The molecule has 0 atom stereocenters. The average molecular weight is 416 g/mol. The number of nitrogens with zero attached hydrogens (tertiary/aromatic N) is 1. The van der Waals surface area contributed by atoms with Gasteiger partial charge in [0.25, 0.3) is 5.69 Å². The van der Waals surface area contributed by atoms with Gasteiger partial charge in [0.05, 0.1) is 4.92 Å². The van der Waals surface area contributed by atoms with E-state index in [1.165, 1.54) is 31.2 Å². The van der Waals surface area contributed by atoms with Crippen molar-refractivity contribution in [2.45, 2.75) is 27.7 Å². The number of carbonyl (C=O) groups is 3. The second-order valence-corrected chi connectivity index (χ2v) is 7.66. The normalized spacial score (nSPS) is 11.0. The van der Waals surface area contributed by atoms with Crippen molar-refractivity contribution >= 4 is 29.0 Å². The summed E-state index contributed by atoms with van der Waals surface area (Å²) in [6, 6.07) is 7.72. The van der Waals surface area contributed by atoms with Gasteiger partial charge in [-0.2, -0.15) is 0 Å². The van der Waals surface area contributed by atoms with Gasteiger partial charge in [-0.05, 0) is 36.8 Å². The van der Waals surface area contributed by atoms with Crippen molar-refractivity contribution in [3.05, 3.63) is 69.0 Å². The number of nitro benzene ring substituents is 1. The van der Waals surface area contributed by atoms with Crippen LogP contribution in [0.4, 0.5) is 15.8 Å². The quantitative estimate of drug-likeness (QED) is 0.328. The Morgan fingerprint density at radius 2 is 1.73 bits per heavy atom.